The predicted octanol–water partition coefficient (Wildman–Crippen LogP) is 2.13. The molecule has 4 heteroatoms. The van der Waals surface area contributed by atoms with Gasteiger partial charge < -0.3 is 5.73 Å². The summed E-state index contributed by atoms with van der Waals surface area (Å²) in [6, 6.07) is 9.98. The number of thiocarbonyl (C=S) groups is 1. The smallest absolute Gasteiger partial charge is 0.187 e. The fourth-order valence-electron chi connectivity index (χ4n) is 1.16. The first-order chi connectivity index (χ1) is 7.09. The molecule has 2 N–H and O–H groups in total. The summed E-state index contributed by atoms with van der Waals surface area (Å²) in [7, 11) is 0. The molecule has 0 aliphatic carbocycles. The number of hydrogen-bond donors (Lipinski definition) is 1. The highest BCUT2D eigenvalue weighted by Gasteiger charge is 2.04. The van der Waals surface area contributed by atoms with Crippen LogP contribution in [0.1, 0.15) is 19.4 Å². The van der Waals surface area contributed by atoms with Crippen molar-refractivity contribution in [3.05, 3.63) is 35.9 Å². The van der Waals surface area contributed by atoms with E-state index in [1.54, 1.807) is 5.01 Å². The number of nitrogens with zero attached hydrogens (tertiary/aromatic N) is 2. The third-order valence-corrected chi connectivity index (χ3v) is 1.96. The van der Waals surface area contributed by atoms with Gasteiger partial charge in [0.05, 0.1) is 6.54 Å². The fourth-order valence-corrected chi connectivity index (χ4v) is 1.27. The lowest BCUT2D eigenvalue weighted by molar-refractivity contribution is 0.442. The third-order valence-electron chi connectivity index (χ3n) is 1.75. The first-order valence-corrected chi connectivity index (χ1v) is 5.13. The van der Waals surface area contributed by atoms with E-state index in [9.17, 15) is 0 Å². The second-order valence-electron chi connectivity index (χ2n) is 3.43. The van der Waals surface area contributed by atoms with Gasteiger partial charge >= 0.3 is 0 Å². The molecule has 1 aromatic carbocycles. The average molecular weight is 221 g/mol. The van der Waals surface area contributed by atoms with Crippen molar-refractivity contribution in [3.63, 3.8) is 0 Å². The molecule has 1 rings (SSSR count). The van der Waals surface area contributed by atoms with Crippen molar-refractivity contribution in [1.29, 1.82) is 0 Å². The molecule has 1 aromatic rings. The second kappa shape index (κ2) is 5.46. The highest BCUT2D eigenvalue weighted by atomic mass is 32.1. The molecule has 0 unspecified atom stereocenters. The van der Waals surface area contributed by atoms with Gasteiger partial charge in [0.1, 0.15) is 0 Å². The molecule has 0 atom stereocenters. The normalized spacial score (nSPS) is 9.47. The van der Waals surface area contributed by atoms with Crippen LogP contribution in [0.25, 0.3) is 0 Å². The van der Waals surface area contributed by atoms with Crippen molar-refractivity contribution in [2.24, 2.45) is 10.8 Å². The van der Waals surface area contributed by atoms with Crippen LogP contribution in [0, 0.1) is 0 Å². The summed E-state index contributed by atoms with van der Waals surface area (Å²) < 4.78 is 0. The van der Waals surface area contributed by atoms with Crippen molar-refractivity contribution >= 4 is 23.0 Å². The van der Waals surface area contributed by atoms with Gasteiger partial charge in [-0.2, -0.15) is 5.10 Å². The standard InChI is InChI=1S/C11H15N3S/c1-9(2)13-14(11(12)15)8-10-6-4-3-5-7-10/h3-7H,8H2,1-2H3,(H2,12,15). The van der Waals surface area contributed by atoms with Crippen LogP contribution in [0.3, 0.4) is 0 Å². The van der Waals surface area contributed by atoms with Gasteiger partial charge in [-0.1, -0.05) is 30.3 Å². The Balaban J connectivity index is 2.76. The summed E-state index contributed by atoms with van der Waals surface area (Å²) in [5.41, 5.74) is 7.65. The molecule has 0 bridgehead atoms. The van der Waals surface area contributed by atoms with Crippen LogP contribution >= 0.6 is 12.2 Å². The number of hydrazone groups is 1. The minimum atomic E-state index is 0.292. The van der Waals surface area contributed by atoms with E-state index in [0.29, 0.717) is 11.7 Å². The molecule has 0 radical (unpaired) electrons. The summed E-state index contributed by atoms with van der Waals surface area (Å²) in [4.78, 5) is 0. The van der Waals surface area contributed by atoms with Crippen LogP contribution in [0.5, 0.6) is 0 Å². The van der Waals surface area contributed by atoms with Crippen molar-refractivity contribution < 1.29 is 0 Å². The van der Waals surface area contributed by atoms with Crippen LogP contribution in [0.4, 0.5) is 0 Å². The monoisotopic (exact) mass is 221 g/mol. The molecule has 15 heavy (non-hydrogen) atoms. The first-order valence-electron chi connectivity index (χ1n) is 4.72. The maximum Gasteiger partial charge on any atom is 0.187 e. The summed E-state index contributed by atoms with van der Waals surface area (Å²) in [5.74, 6) is 0. The number of hydrogen-bond acceptors (Lipinski definition) is 2. The highest BCUT2D eigenvalue weighted by Crippen LogP contribution is 2.04. The molecule has 0 aliphatic rings. The summed E-state index contributed by atoms with van der Waals surface area (Å²) in [5, 5.41) is 6.17. The Kier molecular flexibility index (Phi) is 4.24. The van der Waals surface area contributed by atoms with E-state index in [1.165, 1.54) is 0 Å². The summed E-state index contributed by atoms with van der Waals surface area (Å²) in [6.07, 6.45) is 0. The predicted molar refractivity (Wildman–Crippen MR) is 67.6 cm³/mol. The summed E-state index contributed by atoms with van der Waals surface area (Å²) in [6.45, 7) is 4.44. The lowest BCUT2D eigenvalue weighted by atomic mass is 10.2. The third kappa shape index (κ3) is 4.08. The van der Waals surface area contributed by atoms with Crippen molar-refractivity contribution in [1.82, 2.24) is 5.01 Å². The largest absolute Gasteiger partial charge is 0.375 e. The van der Waals surface area contributed by atoms with Gasteiger partial charge in [0, 0.05) is 5.71 Å². The van der Waals surface area contributed by atoms with Crippen molar-refractivity contribution in [2.75, 3.05) is 0 Å². The van der Waals surface area contributed by atoms with Crippen LogP contribution in [0.15, 0.2) is 35.4 Å². The van der Waals surface area contributed by atoms with E-state index in [-0.39, 0.29) is 0 Å². The van der Waals surface area contributed by atoms with Crippen molar-refractivity contribution in [3.8, 4) is 0 Å². The van der Waals surface area contributed by atoms with Gasteiger partial charge in [-0.25, -0.2) is 5.01 Å². The second-order valence-corrected chi connectivity index (χ2v) is 3.85. The minimum absolute atomic E-state index is 0.292. The molecule has 0 saturated carbocycles. The van der Waals surface area contributed by atoms with E-state index in [1.807, 2.05) is 44.2 Å². The SMILES string of the molecule is CC(C)=NN(Cc1ccccc1)C(N)=S. The zero-order valence-corrected chi connectivity index (χ0v) is 9.79. The lowest BCUT2D eigenvalue weighted by Gasteiger charge is -2.17. The van der Waals surface area contributed by atoms with Gasteiger partial charge in [0.2, 0.25) is 0 Å². The Bertz CT molecular complexity index is 355. The molecule has 0 heterocycles. The van der Waals surface area contributed by atoms with Crippen LogP contribution < -0.4 is 5.73 Å². The summed E-state index contributed by atoms with van der Waals surface area (Å²) >= 11 is 4.93. The Morgan fingerprint density at radius 1 is 1.33 bits per heavy atom. The highest BCUT2D eigenvalue weighted by molar-refractivity contribution is 7.80. The Morgan fingerprint density at radius 2 is 1.93 bits per heavy atom. The molecule has 0 aromatic heterocycles. The molecule has 0 amide bonds. The van der Waals surface area contributed by atoms with E-state index in [4.69, 9.17) is 18.0 Å². The van der Waals surface area contributed by atoms with Crippen LogP contribution in [0.2, 0.25) is 0 Å². The quantitative estimate of drug-likeness (QED) is 0.483. The fraction of sp³-hybridized carbons (Fsp3) is 0.273. The molecule has 0 saturated heterocycles. The Labute approximate surface area is 95.6 Å². The zero-order valence-electron chi connectivity index (χ0n) is 8.97. The van der Waals surface area contributed by atoms with Crippen molar-refractivity contribution in [2.45, 2.75) is 20.4 Å². The van der Waals surface area contributed by atoms with Gasteiger partial charge in [0.15, 0.2) is 5.11 Å². The lowest BCUT2D eigenvalue weighted by Crippen LogP contribution is -2.31. The van der Waals surface area contributed by atoms with Crippen LogP contribution in [-0.4, -0.2) is 15.8 Å². The number of rotatable bonds is 3. The van der Waals surface area contributed by atoms with E-state index >= 15 is 0 Å². The molecular weight excluding hydrogens is 206 g/mol. The number of nitrogens with two attached hydrogens (primary N) is 1. The molecule has 0 aliphatic heterocycles. The minimum Gasteiger partial charge on any atom is -0.375 e. The van der Waals surface area contributed by atoms with Gasteiger partial charge in [-0.3, -0.25) is 0 Å². The molecule has 0 spiro atoms. The van der Waals surface area contributed by atoms with Crippen LogP contribution in [-0.2, 0) is 6.54 Å². The molecule has 80 valence electrons. The zero-order chi connectivity index (χ0) is 11.3. The van der Waals surface area contributed by atoms with E-state index in [2.05, 4.69) is 5.10 Å². The molecule has 0 fully saturated rings. The first kappa shape index (κ1) is 11.7. The molecule has 3 nitrogen and oxygen atoms in total. The van der Waals surface area contributed by atoms with Gasteiger partial charge in [-0.05, 0) is 31.6 Å². The maximum atomic E-state index is 5.58. The van der Waals surface area contributed by atoms with Gasteiger partial charge in [-0.15, -0.1) is 0 Å². The van der Waals surface area contributed by atoms with E-state index < -0.39 is 0 Å². The number of benzene rings is 1. The van der Waals surface area contributed by atoms with E-state index in [0.717, 1.165) is 11.3 Å². The average Bonchev–Trinajstić information content (AvgIpc) is 2.17. The molecular formula is C11H15N3S. The Morgan fingerprint density at radius 3 is 2.40 bits per heavy atom. The maximum absolute atomic E-state index is 5.58. The topological polar surface area (TPSA) is 41.6 Å². The van der Waals surface area contributed by atoms with Gasteiger partial charge in [0.25, 0.3) is 0 Å². The Hall–Kier alpha value is -1.42.